The summed E-state index contributed by atoms with van der Waals surface area (Å²) in [7, 11) is 0. The third-order valence-corrected chi connectivity index (χ3v) is 6.39. The van der Waals surface area contributed by atoms with Crippen LogP contribution in [0.3, 0.4) is 0 Å². The van der Waals surface area contributed by atoms with E-state index in [0.29, 0.717) is 24.2 Å². The van der Waals surface area contributed by atoms with Crippen LogP contribution in [0.25, 0.3) is 20.5 Å². The molecule has 2 aliphatic heterocycles. The van der Waals surface area contributed by atoms with Crippen LogP contribution in [0.1, 0.15) is 24.6 Å². The predicted octanol–water partition coefficient (Wildman–Crippen LogP) is 2.85. The highest BCUT2D eigenvalue weighted by Crippen LogP contribution is 2.47. The molecule has 0 amide bonds. The summed E-state index contributed by atoms with van der Waals surface area (Å²) in [6, 6.07) is 0. The van der Waals surface area contributed by atoms with Crippen LogP contribution >= 0.6 is 11.3 Å². The molecular formula is C18H19FN4O2S. The monoisotopic (exact) mass is 374 g/mol. The van der Waals surface area contributed by atoms with Crippen molar-refractivity contribution >= 4 is 21.4 Å². The molecule has 5 rings (SSSR count). The maximum absolute atomic E-state index is 13.5. The van der Waals surface area contributed by atoms with Crippen LogP contribution in [0.15, 0.2) is 17.2 Å². The summed E-state index contributed by atoms with van der Waals surface area (Å²) in [6.07, 6.45) is 4.10. The lowest BCUT2D eigenvalue weighted by Gasteiger charge is -2.25. The van der Waals surface area contributed by atoms with Crippen molar-refractivity contribution < 1.29 is 9.13 Å². The van der Waals surface area contributed by atoms with Crippen LogP contribution in [0, 0.1) is 0 Å². The smallest absolute Gasteiger partial charge is 0.266 e. The van der Waals surface area contributed by atoms with Crippen molar-refractivity contribution in [2.75, 3.05) is 13.1 Å². The number of aromatic nitrogens is 3. The fraction of sp³-hybridized carbons (Fsp3) is 0.444. The van der Waals surface area contributed by atoms with Crippen LogP contribution in [0.4, 0.5) is 4.39 Å². The second kappa shape index (κ2) is 5.92. The first-order chi connectivity index (χ1) is 12.6. The maximum Gasteiger partial charge on any atom is 0.266 e. The number of halogens is 1. The second-order valence-electron chi connectivity index (χ2n) is 7.12. The van der Waals surface area contributed by atoms with Crippen LogP contribution in [0.5, 0.6) is 5.75 Å². The van der Waals surface area contributed by atoms with Gasteiger partial charge < -0.3 is 9.72 Å². The molecule has 136 valence electrons. The van der Waals surface area contributed by atoms with Gasteiger partial charge in [-0.2, -0.15) is 5.10 Å². The van der Waals surface area contributed by atoms with Gasteiger partial charge in [0.25, 0.3) is 5.56 Å². The summed E-state index contributed by atoms with van der Waals surface area (Å²) in [5.74, 6) is 0.775. The van der Waals surface area contributed by atoms with Gasteiger partial charge in [-0.05, 0) is 18.9 Å². The number of nitrogens with one attached hydrogen (secondary N) is 2. The topological polar surface area (TPSA) is 74.0 Å². The Morgan fingerprint density at radius 2 is 2.38 bits per heavy atom. The van der Waals surface area contributed by atoms with Gasteiger partial charge in [0.1, 0.15) is 22.7 Å². The number of pyridine rings is 1. The van der Waals surface area contributed by atoms with Gasteiger partial charge in [0.15, 0.2) is 0 Å². The SMILES string of the molecule is C[C@H]1Cc2c(CN3CC[C@H](F)C3)[nH]c(=O)c3sc(-c4cn[nH]c4)c(c23)O1. The van der Waals surface area contributed by atoms with Gasteiger partial charge in [0.2, 0.25) is 0 Å². The van der Waals surface area contributed by atoms with E-state index in [2.05, 4.69) is 20.1 Å². The normalized spacial score (nSPS) is 22.8. The number of rotatable bonds is 3. The minimum absolute atomic E-state index is 0.0168. The van der Waals surface area contributed by atoms with Crippen LogP contribution < -0.4 is 10.3 Å². The number of likely N-dealkylation sites (tertiary alicyclic amines) is 1. The molecule has 0 bridgehead atoms. The summed E-state index contributed by atoms with van der Waals surface area (Å²) in [6.45, 7) is 3.77. The van der Waals surface area contributed by atoms with Gasteiger partial charge in [-0.3, -0.25) is 14.8 Å². The summed E-state index contributed by atoms with van der Waals surface area (Å²) in [5.41, 5.74) is 2.84. The lowest BCUT2D eigenvalue weighted by Crippen LogP contribution is -2.27. The van der Waals surface area contributed by atoms with Crippen LogP contribution in [-0.2, 0) is 13.0 Å². The molecule has 2 atom stereocenters. The average molecular weight is 374 g/mol. The van der Waals surface area contributed by atoms with Gasteiger partial charge in [-0.25, -0.2) is 4.39 Å². The van der Waals surface area contributed by atoms with E-state index in [4.69, 9.17) is 4.74 Å². The number of nitrogens with zero attached hydrogens (tertiary/aromatic N) is 2. The number of hydrogen-bond donors (Lipinski definition) is 2. The van der Waals surface area contributed by atoms with Crippen molar-refractivity contribution in [3.8, 4) is 16.2 Å². The molecular weight excluding hydrogens is 355 g/mol. The highest BCUT2D eigenvalue weighted by atomic mass is 32.1. The number of hydrogen-bond acceptors (Lipinski definition) is 5. The van der Waals surface area contributed by atoms with Crippen molar-refractivity contribution in [3.05, 3.63) is 34.0 Å². The Hall–Kier alpha value is -2.19. The Balaban J connectivity index is 1.68. The van der Waals surface area contributed by atoms with Gasteiger partial charge in [0, 0.05) is 48.9 Å². The molecule has 8 heteroatoms. The van der Waals surface area contributed by atoms with E-state index in [9.17, 15) is 9.18 Å². The minimum atomic E-state index is -0.770. The molecule has 0 aliphatic carbocycles. The first-order valence-corrected chi connectivity index (χ1v) is 9.64. The number of aromatic amines is 2. The Bertz CT molecular complexity index is 1030. The predicted molar refractivity (Wildman–Crippen MR) is 98.6 cm³/mol. The number of H-pyrrole nitrogens is 2. The zero-order chi connectivity index (χ0) is 17.8. The zero-order valence-corrected chi connectivity index (χ0v) is 15.2. The largest absolute Gasteiger partial charge is 0.488 e. The minimum Gasteiger partial charge on any atom is -0.488 e. The van der Waals surface area contributed by atoms with Crippen molar-refractivity contribution in [1.29, 1.82) is 0 Å². The molecule has 3 aromatic rings. The first-order valence-electron chi connectivity index (χ1n) is 8.83. The zero-order valence-electron chi connectivity index (χ0n) is 14.3. The molecule has 5 heterocycles. The second-order valence-corrected chi connectivity index (χ2v) is 8.14. The number of ether oxygens (including phenoxy) is 1. The Morgan fingerprint density at radius 1 is 1.50 bits per heavy atom. The van der Waals surface area contributed by atoms with E-state index in [1.807, 2.05) is 13.1 Å². The summed E-state index contributed by atoms with van der Waals surface area (Å²) < 4.78 is 20.4. The average Bonchev–Trinajstić information content (AvgIpc) is 3.32. The molecule has 0 radical (unpaired) electrons. The molecule has 2 aliphatic rings. The molecule has 2 N–H and O–H groups in total. The van der Waals surface area contributed by atoms with Crippen LogP contribution in [0.2, 0.25) is 0 Å². The summed E-state index contributed by atoms with van der Waals surface area (Å²) >= 11 is 1.44. The van der Waals surface area contributed by atoms with Crippen molar-refractivity contribution in [3.63, 3.8) is 0 Å². The van der Waals surface area contributed by atoms with Gasteiger partial charge in [-0.15, -0.1) is 11.3 Å². The molecule has 1 fully saturated rings. The quantitative estimate of drug-likeness (QED) is 0.739. The standard InChI is InChI=1S/C18H19FN4O2S/c1-9-4-12-13(8-23-3-2-11(19)7-23)22-18(24)17-14(12)15(25-9)16(26-17)10-5-20-21-6-10/h5-6,9,11H,2-4,7-8H2,1H3,(H,20,21)(H,22,24)/t9-,11-/m0/s1. The lowest BCUT2D eigenvalue weighted by atomic mass is 9.98. The van der Waals surface area contributed by atoms with E-state index in [-0.39, 0.29) is 11.7 Å². The molecule has 1 saturated heterocycles. The van der Waals surface area contributed by atoms with E-state index >= 15 is 0 Å². The highest BCUT2D eigenvalue weighted by Gasteiger charge is 2.30. The third-order valence-electron chi connectivity index (χ3n) is 5.17. The van der Waals surface area contributed by atoms with E-state index < -0.39 is 6.17 Å². The van der Waals surface area contributed by atoms with Crippen LogP contribution in [-0.4, -0.2) is 45.4 Å². The number of alkyl halides is 1. The molecule has 0 saturated carbocycles. The maximum atomic E-state index is 13.5. The molecule has 26 heavy (non-hydrogen) atoms. The fourth-order valence-electron chi connectivity index (χ4n) is 3.99. The Kier molecular flexibility index (Phi) is 3.65. The van der Waals surface area contributed by atoms with Gasteiger partial charge in [0.05, 0.1) is 11.1 Å². The highest BCUT2D eigenvalue weighted by molar-refractivity contribution is 7.22. The van der Waals surface area contributed by atoms with Crippen molar-refractivity contribution in [1.82, 2.24) is 20.1 Å². The lowest BCUT2D eigenvalue weighted by molar-refractivity contribution is 0.218. The molecule has 3 aromatic heterocycles. The van der Waals surface area contributed by atoms with Crippen molar-refractivity contribution in [2.24, 2.45) is 0 Å². The van der Waals surface area contributed by atoms with Gasteiger partial charge in [-0.1, -0.05) is 0 Å². The summed E-state index contributed by atoms with van der Waals surface area (Å²) in [5, 5.41) is 7.75. The van der Waals surface area contributed by atoms with E-state index in [0.717, 1.165) is 45.8 Å². The Morgan fingerprint density at radius 3 is 3.12 bits per heavy atom. The first kappa shape index (κ1) is 16.0. The summed E-state index contributed by atoms with van der Waals surface area (Å²) in [4.78, 5) is 18.8. The van der Waals surface area contributed by atoms with E-state index in [1.54, 1.807) is 6.20 Å². The molecule has 0 aromatic carbocycles. The Labute approximate surface area is 153 Å². The third kappa shape index (κ3) is 2.47. The number of thiophene rings is 1. The molecule has 0 spiro atoms. The van der Waals surface area contributed by atoms with Gasteiger partial charge >= 0.3 is 0 Å². The molecule has 0 unspecified atom stereocenters. The fourth-order valence-corrected chi connectivity index (χ4v) is 5.13. The van der Waals surface area contributed by atoms with Crippen molar-refractivity contribution in [2.45, 2.75) is 38.6 Å². The molecule has 6 nitrogen and oxygen atoms in total. The van der Waals surface area contributed by atoms with E-state index in [1.165, 1.54) is 11.3 Å².